The molecule has 1 aliphatic carbocycles. The molecule has 158 valence electrons. The van der Waals surface area contributed by atoms with E-state index >= 15 is 0 Å². The van der Waals surface area contributed by atoms with Crippen molar-refractivity contribution in [1.29, 1.82) is 0 Å². The van der Waals surface area contributed by atoms with Gasteiger partial charge in [0.25, 0.3) is 0 Å². The normalized spacial score (nSPS) is 21.0. The van der Waals surface area contributed by atoms with Gasteiger partial charge in [0.2, 0.25) is 0 Å². The summed E-state index contributed by atoms with van der Waals surface area (Å²) < 4.78 is 5.40. The maximum Gasteiger partial charge on any atom is 0.308 e. The second-order valence-corrected chi connectivity index (χ2v) is 8.38. The first-order chi connectivity index (χ1) is 13.1. The first kappa shape index (κ1) is 24.0. The molecule has 4 heteroatoms. The van der Waals surface area contributed by atoms with Crippen LogP contribution in [0.1, 0.15) is 110 Å². The third kappa shape index (κ3) is 10.8. The van der Waals surface area contributed by atoms with Crippen LogP contribution in [0.4, 0.5) is 0 Å². The number of carboxylic acids is 1. The largest absolute Gasteiger partial charge is 0.481 e. The smallest absolute Gasteiger partial charge is 0.308 e. The molecule has 0 spiro atoms. The number of carbonyl (C=O) groups is 2. The second kappa shape index (κ2) is 14.9. The Labute approximate surface area is 166 Å². The molecule has 1 fully saturated rings. The molecule has 0 heterocycles. The minimum absolute atomic E-state index is 0.0835. The summed E-state index contributed by atoms with van der Waals surface area (Å²) in [5.74, 6) is -0.271. The van der Waals surface area contributed by atoms with E-state index in [4.69, 9.17) is 9.84 Å². The lowest BCUT2D eigenvalue weighted by molar-refractivity contribution is -0.152. The molecule has 1 N–H and O–H groups in total. The fourth-order valence-corrected chi connectivity index (χ4v) is 4.15. The number of esters is 1. The summed E-state index contributed by atoms with van der Waals surface area (Å²) >= 11 is 0. The van der Waals surface area contributed by atoms with Crippen molar-refractivity contribution < 1.29 is 19.4 Å². The number of hydrogen-bond donors (Lipinski definition) is 1. The fraction of sp³-hybridized carbons (Fsp3) is 0.913. The molecule has 0 aromatic carbocycles. The van der Waals surface area contributed by atoms with Crippen molar-refractivity contribution in [1.82, 2.24) is 0 Å². The van der Waals surface area contributed by atoms with Crippen molar-refractivity contribution in [3.05, 3.63) is 0 Å². The SMILES string of the molecule is CCCCC(CC)CCCCCCCCOC(=O)C1CCC(C(=O)O)CC1. The van der Waals surface area contributed by atoms with Gasteiger partial charge in [-0.25, -0.2) is 0 Å². The van der Waals surface area contributed by atoms with E-state index in [1.807, 2.05) is 0 Å². The highest BCUT2D eigenvalue weighted by Crippen LogP contribution is 2.29. The molecule has 1 saturated carbocycles. The van der Waals surface area contributed by atoms with Crippen LogP contribution in [0, 0.1) is 17.8 Å². The summed E-state index contributed by atoms with van der Waals surface area (Å²) in [5, 5.41) is 9.00. The maximum absolute atomic E-state index is 12.0. The van der Waals surface area contributed by atoms with E-state index < -0.39 is 5.97 Å². The molecular formula is C23H42O4. The molecule has 0 radical (unpaired) electrons. The molecule has 1 aliphatic rings. The highest BCUT2D eigenvalue weighted by atomic mass is 16.5. The zero-order chi connectivity index (χ0) is 19.9. The Morgan fingerprint density at radius 3 is 2.00 bits per heavy atom. The van der Waals surface area contributed by atoms with E-state index in [1.165, 1.54) is 57.8 Å². The topological polar surface area (TPSA) is 63.6 Å². The Morgan fingerprint density at radius 2 is 1.41 bits per heavy atom. The van der Waals surface area contributed by atoms with Crippen LogP contribution in [0.3, 0.4) is 0 Å². The quantitative estimate of drug-likeness (QED) is 0.264. The monoisotopic (exact) mass is 382 g/mol. The Morgan fingerprint density at radius 1 is 0.852 bits per heavy atom. The van der Waals surface area contributed by atoms with Crippen LogP contribution in [0.25, 0.3) is 0 Å². The predicted octanol–water partition coefficient (Wildman–Crippen LogP) is 6.37. The number of aliphatic carboxylic acids is 1. The summed E-state index contributed by atoms with van der Waals surface area (Å²) in [6, 6.07) is 0. The van der Waals surface area contributed by atoms with E-state index in [1.54, 1.807) is 0 Å². The molecule has 0 saturated heterocycles. The lowest BCUT2D eigenvalue weighted by Gasteiger charge is -2.24. The average Bonchev–Trinajstić information content (AvgIpc) is 2.68. The molecule has 0 aliphatic heterocycles. The first-order valence-corrected chi connectivity index (χ1v) is 11.5. The highest BCUT2D eigenvalue weighted by molar-refractivity contribution is 5.74. The third-order valence-corrected chi connectivity index (χ3v) is 6.20. The minimum Gasteiger partial charge on any atom is -0.481 e. The highest BCUT2D eigenvalue weighted by Gasteiger charge is 2.30. The van der Waals surface area contributed by atoms with Crippen LogP contribution in [0.5, 0.6) is 0 Å². The number of ether oxygens (including phenoxy) is 1. The van der Waals surface area contributed by atoms with Gasteiger partial charge in [-0.3, -0.25) is 9.59 Å². The van der Waals surface area contributed by atoms with Crippen LogP contribution >= 0.6 is 0 Å². The predicted molar refractivity (Wildman–Crippen MR) is 110 cm³/mol. The van der Waals surface area contributed by atoms with Crippen molar-refractivity contribution in [3.63, 3.8) is 0 Å². The van der Waals surface area contributed by atoms with E-state index in [9.17, 15) is 9.59 Å². The summed E-state index contributed by atoms with van der Waals surface area (Å²) in [6.45, 7) is 5.11. The number of carbonyl (C=O) groups excluding carboxylic acids is 1. The molecule has 1 atom stereocenters. The van der Waals surface area contributed by atoms with Gasteiger partial charge in [0.15, 0.2) is 0 Å². The molecule has 0 bridgehead atoms. The van der Waals surface area contributed by atoms with Gasteiger partial charge < -0.3 is 9.84 Å². The number of carboxylic acid groups (broad SMARTS) is 1. The number of hydrogen-bond acceptors (Lipinski definition) is 3. The van der Waals surface area contributed by atoms with Gasteiger partial charge in [0, 0.05) is 0 Å². The van der Waals surface area contributed by atoms with Crippen LogP contribution in [-0.2, 0) is 14.3 Å². The lowest BCUT2D eigenvalue weighted by Crippen LogP contribution is -2.27. The minimum atomic E-state index is -0.729. The lowest BCUT2D eigenvalue weighted by atomic mass is 9.82. The maximum atomic E-state index is 12.0. The van der Waals surface area contributed by atoms with Crippen molar-refractivity contribution in [3.8, 4) is 0 Å². The number of rotatable bonds is 15. The van der Waals surface area contributed by atoms with Crippen molar-refractivity contribution in [2.45, 2.75) is 110 Å². The van der Waals surface area contributed by atoms with Gasteiger partial charge in [-0.1, -0.05) is 78.1 Å². The van der Waals surface area contributed by atoms with Crippen LogP contribution in [0.2, 0.25) is 0 Å². The van der Waals surface area contributed by atoms with Crippen molar-refractivity contribution in [2.75, 3.05) is 6.61 Å². The second-order valence-electron chi connectivity index (χ2n) is 8.38. The summed E-state index contributed by atoms with van der Waals surface area (Å²) in [5.41, 5.74) is 0. The Bertz CT molecular complexity index is 399. The van der Waals surface area contributed by atoms with Gasteiger partial charge in [0.05, 0.1) is 18.4 Å². The van der Waals surface area contributed by atoms with Crippen LogP contribution in [-0.4, -0.2) is 23.7 Å². The van der Waals surface area contributed by atoms with Gasteiger partial charge in [-0.15, -0.1) is 0 Å². The zero-order valence-corrected chi connectivity index (χ0v) is 17.7. The van der Waals surface area contributed by atoms with E-state index in [0.717, 1.165) is 18.8 Å². The van der Waals surface area contributed by atoms with E-state index in [0.29, 0.717) is 32.3 Å². The van der Waals surface area contributed by atoms with Gasteiger partial charge in [-0.2, -0.15) is 0 Å². The number of unbranched alkanes of at least 4 members (excludes halogenated alkanes) is 6. The molecule has 0 aromatic rings. The fourth-order valence-electron chi connectivity index (χ4n) is 4.15. The van der Waals surface area contributed by atoms with Crippen molar-refractivity contribution in [2.24, 2.45) is 17.8 Å². The Kier molecular flexibility index (Phi) is 13.3. The summed E-state index contributed by atoms with van der Waals surface area (Å²) in [6.07, 6.45) is 16.6. The van der Waals surface area contributed by atoms with E-state index in [2.05, 4.69) is 13.8 Å². The van der Waals surface area contributed by atoms with E-state index in [-0.39, 0.29) is 17.8 Å². The average molecular weight is 383 g/mol. The van der Waals surface area contributed by atoms with Crippen molar-refractivity contribution >= 4 is 11.9 Å². The molecule has 1 rings (SSSR count). The third-order valence-electron chi connectivity index (χ3n) is 6.20. The first-order valence-electron chi connectivity index (χ1n) is 11.5. The molecular weight excluding hydrogens is 340 g/mol. The molecule has 0 amide bonds. The summed E-state index contributed by atoms with van der Waals surface area (Å²) in [7, 11) is 0. The van der Waals surface area contributed by atoms with Gasteiger partial charge in [-0.05, 0) is 38.0 Å². The Balaban J connectivity index is 1.94. The zero-order valence-electron chi connectivity index (χ0n) is 17.7. The molecule has 1 unspecified atom stereocenters. The van der Waals surface area contributed by atoms with Gasteiger partial charge in [0.1, 0.15) is 0 Å². The summed E-state index contributed by atoms with van der Waals surface area (Å²) in [4.78, 5) is 23.0. The molecule has 27 heavy (non-hydrogen) atoms. The van der Waals surface area contributed by atoms with Gasteiger partial charge >= 0.3 is 11.9 Å². The van der Waals surface area contributed by atoms with Crippen LogP contribution in [0.15, 0.2) is 0 Å². The molecule has 4 nitrogen and oxygen atoms in total. The Hall–Kier alpha value is -1.06. The van der Waals surface area contributed by atoms with Crippen LogP contribution < -0.4 is 0 Å². The molecule has 0 aromatic heterocycles. The standard InChI is InChI=1S/C23H42O4/c1-3-5-12-19(4-2)13-10-8-6-7-9-11-18-27-23(26)21-16-14-20(15-17-21)22(24)25/h19-21H,3-18H2,1-2H3,(H,24,25).